The quantitative estimate of drug-likeness (QED) is 0.790. The van der Waals surface area contributed by atoms with Crippen molar-refractivity contribution >= 4 is 17.6 Å². The monoisotopic (exact) mass is 277 g/mol. The van der Waals surface area contributed by atoms with Crippen molar-refractivity contribution in [3.63, 3.8) is 0 Å². The Hall–Kier alpha value is -1.23. The van der Waals surface area contributed by atoms with Gasteiger partial charge >= 0.3 is 0 Å². The number of ether oxygens (including phenoxy) is 1. The summed E-state index contributed by atoms with van der Waals surface area (Å²) in [4.78, 5) is 9.18. The third-order valence-corrected chi connectivity index (χ3v) is 5.75. The Morgan fingerprint density at radius 1 is 1.42 bits per heavy atom. The fourth-order valence-corrected chi connectivity index (χ4v) is 4.22. The van der Waals surface area contributed by atoms with Crippen molar-refractivity contribution in [2.24, 2.45) is 10.7 Å². The van der Waals surface area contributed by atoms with Gasteiger partial charge in [0, 0.05) is 17.0 Å². The van der Waals surface area contributed by atoms with Crippen LogP contribution < -0.4 is 10.5 Å². The van der Waals surface area contributed by atoms with E-state index in [0.717, 1.165) is 12.0 Å². The third-order valence-electron chi connectivity index (χ3n) is 3.97. The highest BCUT2D eigenvalue weighted by atomic mass is 32.2. The number of fused-ring (bicyclic) bond motifs is 3. The maximum Gasteiger partial charge on any atom is 0.219 e. The van der Waals surface area contributed by atoms with Gasteiger partial charge in [-0.05, 0) is 39.3 Å². The van der Waals surface area contributed by atoms with Crippen LogP contribution in [0, 0.1) is 0 Å². The summed E-state index contributed by atoms with van der Waals surface area (Å²) < 4.78 is 5.66. The lowest BCUT2D eigenvalue weighted by Crippen LogP contribution is -2.48. The topological polar surface area (TPSA) is 60.5 Å². The molecule has 0 fully saturated rings. The van der Waals surface area contributed by atoms with Crippen LogP contribution in [0.2, 0.25) is 0 Å². The largest absolute Gasteiger partial charge is 0.477 e. The molecule has 2 aliphatic rings. The van der Waals surface area contributed by atoms with Gasteiger partial charge in [-0.25, -0.2) is 4.98 Å². The first-order valence-corrected chi connectivity index (χ1v) is 7.43. The molecule has 2 unspecified atom stereocenters. The van der Waals surface area contributed by atoms with E-state index in [0.29, 0.717) is 23.6 Å². The van der Waals surface area contributed by atoms with Crippen molar-refractivity contribution < 1.29 is 4.74 Å². The Balaban J connectivity index is 2.18. The lowest BCUT2D eigenvalue weighted by atomic mass is 9.88. The highest BCUT2D eigenvalue weighted by molar-refractivity contribution is 8.02. The van der Waals surface area contributed by atoms with Crippen LogP contribution in [0.1, 0.15) is 32.8 Å². The number of thioether (sulfide) groups is 1. The predicted molar refractivity (Wildman–Crippen MR) is 78.8 cm³/mol. The normalized spacial score (nSPS) is 32.4. The van der Waals surface area contributed by atoms with Gasteiger partial charge in [0.2, 0.25) is 5.88 Å². The average molecular weight is 277 g/mol. The Morgan fingerprint density at radius 3 is 3.00 bits per heavy atom. The Bertz CT molecular complexity index is 543. The van der Waals surface area contributed by atoms with Crippen LogP contribution in [0.5, 0.6) is 5.88 Å². The highest BCUT2D eigenvalue weighted by Crippen LogP contribution is 2.50. The number of rotatable bonds is 0. The van der Waals surface area contributed by atoms with E-state index in [1.54, 1.807) is 6.20 Å². The van der Waals surface area contributed by atoms with Crippen LogP contribution in [0.25, 0.3) is 0 Å². The number of amidine groups is 1. The molecule has 2 N–H and O–H groups in total. The van der Waals surface area contributed by atoms with Crippen LogP contribution in [0.4, 0.5) is 0 Å². The zero-order valence-electron chi connectivity index (χ0n) is 11.5. The first-order chi connectivity index (χ1) is 8.93. The number of aromatic nitrogens is 1. The second-order valence-electron chi connectivity index (χ2n) is 5.75. The molecular formula is C14H19N3OS. The van der Waals surface area contributed by atoms with E-state index in [9.17, 15) is 0 Å². The van der Waals surface area contributed by atoms with Crippen molar-refractivity contribution in [1.29, 1.82) is 0 Å². The Labute approximate surface area is 117 Å². The molecule has 3 heterocycles. The molecule has 0 saturated carbocycles. The number of hydrogen-bond donors (Lipinski definition) is 1. The molecule has 0 amide bonds. The van der Waals surface area contributed by atoms with E-state index in [1.807, 2.05) is 17.8 Å². The van der Waals surface area contributed by atoms with E-state index < -0.39 is 0 Å². The summed E-state index contributed by atoms with van der Waals surface area (Å²) in [5, 5.41) is 0.361. The molecule has 1 aromatic rings. The molecule has 4 nitrogen and oxygen atoms in total. The van der Waals surface area contributed by atoms with Crippen LogP contribution in [-0.2, 0) is 5.54 Å². The third kappa shape index (κ3) is 1.91. The molecule has 0 aliphatic carbocycles. The number of aliphatic imine (C=N–C) groups is 1. The maximum absolute atomic E-state index is 6.18. The minimum Gasteiger partial charge on any atom is -0.477 e. The van der Waals surface area contributed by atoms with Gasteiger partial charge in [-0.2, -0.15) is 0 Å². The van der Waals surface area contributed by atoms with Gasteiger partial charge in [0.1, 0.15) is 11.4 Å². The van der Waals surface area contributed by atoms with Crippen molar-refractivity contribution in [3.05, 3.63) is 23.9 Å². The molecule has 0 radical (unpaired) electrons. The Kier molecular flexibility index (Phi) is 2.78. The molecule has 2 aliphatic heterocycles. The molecule has 3 rings (SSSR count). The second kappa shape index (κ2) is 4.13. The number of pyridine rings is 1. The molecule has 0 aromatic carbocycles. The molecule has 0 spiro atoms. The summed E-state index contributed by atoms with van der Waals surface area (Å²) in [6, 6.07) is 3.99. The van der Waals surface area contributed by atoms with Crippen molar-refractivity contribution in [2.45, 2.75) is 42.7 Å². The highest BCUT2D eigenvalue weighted by Gasteiger charge is 2.48. The van der Waals surface area contributed by atoms with Gasteiger partial charge < -0.3 is 10.5 Å². The van der Waals surface area contributed by atoms with Gasteiger partial charge in [0.05, 0.1) is 11.4 Å². The summed E-state index contributed by atoms with van der Waals surface area (Å²) >= 11 is 1.89. The smallest absolute Gasteiger partial charge is 0.219 e. The maximum atomic E-state index is 6.18. The first-order valence-electron chi connectivity index (χ1n) is 6.55. The van der Waals surface area contributed by atoms with E-state index in [2.05, 4.69) is 31.8 Å². The second-order valence-corrected chi connectivity index (χ2v) is 7.58. The standard InChI is InChI=1S/C14H19N3OS/c1-13(2)12(15)17-14(3)9-5-4-7-16-11(9)18-8-6-10(14)19-13/h4-5,7,10H,6,8H2,1-3H3,(H2,15,17). The van der Waals surface area contributed by atoms with E-state index in [1.165, 1.54) is 0 Å². The molecule has 0 bridgehead atoms. The summed E-state index contributed by atoms with van der Waals surface area (Å²) in [6.07, 6.45) is 2.72. The molecule has 5 heteroatoms. The van der Waals surface area contributed by atoms with Crippen LogP contribution in [0.15, 0.2) is 23.3 Å². The first kappa shape index (κ1) is 12.8. The zero-order chi connectivity index (χ0) is 13.7. The Morgan fingerprint density at radius 2 is 2.21 bits per heavy atom. The molecule has 0 saturated heterocycles. The van der Waals surface area contributed by atoms with Gasteiger partial charge in [0.15, 0.2) is 0 Å². The fraction of sp³-hybridized carbons (Fsp3) is 0.571. The van der Waals surface area contributed by atoms with Crippen LogP contribution >= 0.6 is 11.8 Å². The summed E-state index contributed by atoms with van der Waals surface area (Å²) in [5.41, 5.74) is 6.88. The lowest BCUT2D eigenvalue weighted by Gasteiger charge is -2.43. The van der Waals surface area contributed by atoms with Gasteiger partial charge in [-0.15, -0.1) is 11.8 Å². The van der Waals surface area contributed by atoms with Gasteiger partial charge in [0.25, 0.3) is 0 Å². The van der Waals surface area contributed by atoms with Gasteiger partial charge in [-0.1, -0.05) is 0 Å². The average Bonchev–Trinajstić information content (AvgIpc) is 2.48. The molecule has 2 atom stereocenters. The minimum absolute atomic E-state index is 0.114. The minimum atomic E-state index is -0.343. The van der Waals surface area contributed by atoms with Crippen molar-refractivity contribution in [2.75, 3.05) is 6.61 Å². The van der Waals surface area contributed by atoms with Crippen molar-refractivity contribution in [1.82, 2.24) is 4.98 Å². The van der Waals surface area contributed by atoms with E-state index >= 15 is 0 Å². The number of nitrogens with zero attached hydrogens (tertiary/aromatic N) is 2. The molecular weight excluding hydrogens is 258 g/mol. The van der Waals surface area contributed by atoms with Crippen LogP contribution in [-0.4, -0.2) is 27.4 Å². The van der Waals surface area contributed by atoms with Crippen LogP contribution in [0.3, 0.4) is 0 Å². The van der Waals surface area contributed by atoms with E-state index in [4.69, 9.17) is 15.5 Å². The predicted octanol–water partition coefficient (Wildman–Crippen LogP) is 2.33. The zero-order valence-corrected chi connectivity index (χ0v) is 12.3. The number of nitrogens with two attached hydrogens (primary N) is 1. The molecule has 19 heavy (non-hydrogen) atoms. The van der Waals surface area contributed by atoms with Gasteiger partial charge in [-0.3, -0.25) is 4.99 Å². The molecule has 102 valence electrons. The van der Waals surface area contributed by atoms with E-state index in [-0.39, 0.29) is 10.3 Å². The molecule has 1 aromatic heterocycles. The van der Waals surface area contributed by atoms with Crippen molar-refractivity contribution in [3.8, 4) is 5.88 Å². The SMILES string of the molecule is CC1(C)SC2CCOc3ncccc3C2(C)N=C1N. The summed E-state index contributed by atoms with van der Waals surface area (Å²) in [7, 11) is 0. The number of hydrogen-bond acceptors (Lipinski definition) is 5. The lowest BCUT2D eigenvalue weighted by molar-refractivity contribution is 0.304. The fourth-order valence-electron chi connectivity index (χ4n) is 2.71. The summed E-state index contributed by atoms with van der Waals surface area (Å²) in [5.74, 6) is 1.40. The summed E-state index contributed by atoms with van der Waals surface area (Å²) in [6.45, 7) is 7.09.